The first-order valence-electron chi connectivity index (χ1n) is 7.02. The van der Waals surface area contributed by atoms with E-state index < -0.39 is 0 Å². The van der Waals surface area contributed by atoms with Crippen LogP contribution in [0.3, 0.4) is 0 Å². The Morgan fingerprint density at radius 3 is 2.47 bits per heavy atom. The van der Waals surface area contributed by atoms with Gasteiger partial charge in [-0.3, -0.25) is 0 Å². The molecule has 0 aliphatic carbocycles. The number of likely N-dealkylation sites (N-methyl/N-ethyl adjacent to an activating group) is 3. The standard InChI is InChI=1S/C13H30N4/c1-4-14-6-9-15(2)7-5-8-17-12-10-16(3)11-13-17/h14H,4-13H2,1-3H3. The van der Waals surface area contributed by atoms with E-state index in [0.717, 1.165) is 19.6 Å². The Labute approximate surface area is 107 Å². The third-order valence-corrected chi connectivity index (χ3v) is 3.53. The fourth-order valence-electron chi connectivity index (χ4n) is 2.19. The number of hydrogen-bond acceptors (Lipinski definition) is 4. The van der Waals surface area contributed by atoms with E-state index in [9.17, 15) is 0 Å². The van der Waals surface area contributed by atoms with E-state index in [-0.39, 0.29) is 0 Å². The molecule has 0 aromatic rings. The first-order chi connectivity index (χ1) is 8.22. The molecule has 1 aliphatic rings. The number of rotatable bonds is 8. The van der Waals surface area contributed by atoms with Crippen LogP contribution >= 0.6 is 0 Å². The van der Waals surface area contributed by atoms with Gasteiger partial charge in [0, 0.05) is 39.3 Å². The van der Waals surface area contributed by atoms with Crippen LogP contribution in [0.4, 0.5) is 0 Å². The molecular formula is C13H30N4. The van der Waals surface area contributed by atoms with Gasteiger partial charge in [-0.15, -0.1) is 0 Å². The predicted molar refractivity (Wildman–Crippen MR) is 74.6 cm³/mol. The molecule has 0 spiro atoms. The van der Waals surface area contributed by atoms with Crippen LogP contribution in [0.15, 0.2) is 0 Å². The summed E-state index contributed by atoms with van der Waals surface area (Å²) in [6.07, 6.45) is 1.30. The van der Waals surface area contributed by atoms with Crippen LogP contribution in [0.2, 0.25) is 0 Å². The van der Waals surface area contributed by atoms with Crippen molar-refractivity contribution in [2.45, 2.75) is 13.3 Å². The highest BCUT2D eigenvalue weighted by Crippen LogP contribution is 2.00. The number of piperazine rings is 1. The molecule has 1 N–H and O–H groups in total. The molecule has 0 radical (unpaired) electrons. The van der Waals surface area contributed by atoms with E-state index in [2.05, 4.69) is 41.0 Å². The van der Waals surface area contributed by atoms with Gasteiger partial charge in [0.15, 0.2) is 0 Å². The summed E-state index contributed by atoms with van der Waals surface area (Å²) in [6, 6.07) is 0. The fourth-order valence-corrected chi connectivity index (χ4v) is 2.19. The van der Waals surface area contributed by atoms with Gasteiger partial charge in [0.1, 0.15) is 0 Å². The first-order valence-corrected chi connectivity index (χ1v) is 7.02. The summed E-state index contributed by atoms with van der Waals surface area (Å²) in [5.41, 5.74) is 0. The molecule has 1 fully saturated rings. The van der Waals surface area contributed by atoms with Gasteiger partial charge in [-0.1, -0.05) is 6.92 Å². The van der Waals surface area contributed by atoms with Gasteiger partial charge >= 0.3 is 0 Å². The normalized spacial score (nSPS) is 19.1. The third-order valence-electron chi connectivity index (χ3n) is 3.53. The molecule has 17 heavy (non-hydrogen) atoms. The lowest BCUT2D eigenvalue weighted by atomic mass is 10.3. The van der Waals surface area contributed by atoms with Crippen LogP contribution in [-0.2, 0) is 0 Å². The molecule has 0 saturated carbocycles. The Hall–Kier alpha value is -0.160. The molecule has 4 heteroatoms. The van der Waals surface area contributed by atoms with Crippen molar-refractivity contribution in [3.05, 3.63) is 0 Å². The number of nitrogens with one attached hydrogen (secondary N) is 1. The topological polar surface area (TPSA) is 21.8 Å². The molecule has 0 atom stereocenters. The highest BCUT2D eigenvalue weighted by Gasteiger charge is 2.12. The molecule has 102 valence electrons. The van der Waals surface area contributed by atoms with Gasteiger partial charge in [0.2, 0.25) is 0 Å². The van der Waals surface area contributed by atoms with E-state index in [1.54, 1.807) is 0 Å². The molecule has 0 bridgehead atoms. The summed E-state index contributed by atoms with van der Waals surface area (Å²) in [7, 11) is 4.44. The van der Waals surface area contributed by atoms with Crippen LogP contribution in [0.25, 0.3) is 0 Å². The quantitative estimate of drug-likeness (QED) is 0.612. The minimum absolute atomic E-state index is 1.08. The molecule has 1 saturated heterocycles. The highest BCUT2D eigenvalue weighted by atomic mass is 15.2. The van der Waals surface area contributed by atoms with Crippen LogP contribution in [0, 0.1) is 0 Å². The minimum atomic E-state index is 1.08. The number of hydrogen-bond donors (Lipinski definition) is 1. The van der Waals surface area contributed by atoms with Crippen molar-refractivity contribution in [3.63, 3.8) is 0 Å². The zero-order chi connectivity index (χ0) is 12.5. The summed E-state index contributed by atoms with van der Waals surface area (Å²) in [4.78, 5) is 7.44. The minimum Gasteiger partial charge on any atom is -0.316 e. The Bertz CT molecular complexity index is 178. The summed E-state index contributed by atoms with van der Waals surface area (Å²) in [5.74, 6) is 0. The van der Waals surface area contributed by atoms with Crippen molar-refractivity contribution < 1.29 is 0 Å². The van der Waals surface area contributed by atoms with E-state index in [1.807, 2.05) is 0 Å². The van der Waals surface area contributed by atoms with Gasteiger partial charge in [0.05, 0.1) is 0 Å². The predicted octanol–water partition coefficient (Wildman–Crippen LogP) is 0.165. The molecule has 0 amide bonds. The summed E-state index contributed by atoms with van der Waals surface area (Å²) in [5, 5.41) is 3.37. The van der Waals surface area contributed by atoms with Crippen LogP contribution in [-0.4, -0.2) is 87.7 Å². The Morgan fingerprint density at radius 2 is 1.82 bits per heavy atom. The summed E-state index contributed by atoms with van der Waals surface area (Å²) >= 11 is 0. The molecular weight excluding hydrogens is 212 g/mol. The maximum atomic E-state index is 3.37. The van der Waals surface area contributed by atoms with Crippen molar-refractivity contribution >= 4 is 0 Å². The lowest BCUT2D eigenvalue weighted by molar-refractivity contribution is 0.148. The zero-order valence-electron chi connectivity index (χ0n) is 11.9. The maximum Gasteiger partial charge on any atom is 0.0110 e. The number of nitrogens with zero attached hydrogens (tertiary/aromatic N) is 3. The largest absolute Gasteiger partial charge is 0.316 e. The van der Waals surface area contributed by atoms with Crippen LogP contribution in [0.5, 0.6) is 0 Å². The Kier molecular flexibility index (Phi) is 7.77. The lowest BCUT2D eigenvalue weighted by Gasteiger charge is -2.32. The molecule has 0 aromatic heterocycles. The summed E-state index contributed by atoms with van der Waals surface area (Å²) < 4.78 is 0. The van der Waals surface area contributed by atoms with Crippen molar-refractivity contribution in [2.75, 3.05) is 73.0 Å². The zero-order valence-corrected chi connectivity index (χ0v) is 11.9. The van der Waals surface area contributed by atoms with E-state index >= 15 is 0 Å². The first kappa shape index (κ1) is 14.9. The van der Waals surface area contributed by atoms with Crippen molar-refractivity contribution in [3.8, 4) is 0 Å². The van der Waals surface area contributed by atoms with E-state index in [0.29, 0.717) is 0 Å². The van der Waals surface area contributed by atoms with Gasteiger partial charge < -0.3 is 20.0 Å². The summed E-state index contributed by atoms with van der Waals surface area (Å²) in [6.45, 7) is 13.0. The second kappa shape index (κ2) is 8.86. The van der Waals surface area contributed by atoms with Crippen LogP contribution in [0.1, 0.15) is 13.3 Å². The SMILES string of the molecule is CCNCCN(C)CCCN1CCN(C)CC1. The van der Waals surface area contributed by atoms with Crippen LogP contribution < -0.4 is 5.32 Å². The van der Waals surface area contributed by atoms with Gasteiger partial charge in [-0.2, -0.15) is 0 Å². The van der Waals surface area contributed by atoms with E-state index in [1.165, 1.54) is 45.7 Å². The van der Waals surface area contributed by atoms with Crippen molar-refractivity contribution in [1.29, 1.82) is 0 Å². The second-order valence-corrected chi connectivity index (χ2v) is 5.16. The van der Waals surface area contributed by atoms with Gasteiger partial charge in [-0.05, 0) is 40.2 Å². The monoisotopic (exact) mass is 242 g/mol. The molecule has 1 heterocycles. The van der Waals surface area contributed by atoms with Crippen molar-refractivity contribution in [1.82, 2.24) is 20.0 Å². The van der Waals surface area contributed by atoms with Gasteiger partial charge in [-0.25, -0.2) is 0 Å². The lowest BCUT2D eigenvalue weighted by Crippen LogP contribution is -2.45. The van der Waals surface area contributed by atoms with Gasteiger partial charge in [0.25, 0.3) is 0 Å². The molecule has 0 aromatic carbocycles. The Morgan fingerprint density at radius 1 is 1.12 bits per heavy atom. The molecule has 1 rings (SSSR count). The Balaban J connectivity index is 1.95. The average Bonchev–Trinajstić information content (AvgIpc) is 2.32. The van der Waals surface area contributed by atoms with Crippen molar-refractivity contribution in [2.24, 2.45) is 0 Å². The average molecular weight is 242 g/mol. The second-order valence-electron chi connectivity index (χ2n) is 5.16. The highest BCUT2D eigenvalue weighted by molar-refractivity contribution is 4.69. The molecule has 4 nitrogen and oxygen atoms in total. The fraction of sp³-hybridized carbons (Fsp3) is 1.00. The maximum absolute atomic E-state index is 3.37. The molecule has 0 unspecified atom stereocenters. The smallest absolute Gasteiger partial charge is 0.0110 e. The van der Waals surface area contributed by atoms with E-state index in [4.69, 9.17) is 0 Å². The third kappa shape index (κ3) is 6.99. The molecule has 1 aliphatic heterocycles.